The van der Waals surface area contributed by atoms with Gasteiger partial charge in [-0.05, 0) is 56.0 Å². The second kappa shape index (κ2) is 5.32. The summed E-state index contributed by atoms with van der Waals surface area (Å²) >= 11 is 0. The third-order valence-corrected chi connectivity index (χ3v) is 4.02. The molecule has 0 radical (unpaired) electrons. The Morgan fingerprint density at radius 1 is 1.14 bits per heavy atom. The van der Waals surface area contributed by atoms with Gasteiger partial charge in [0, 0.05) is 17.8 Å². The van der Waals surface area contributed by atoms with E-state index in [0.717, 1.165) is 18.5 Å². The van der Waals surface area contributed by atoms with Crippen LogP contribution in [0.2, 0.25) is 0 Å². The van der Waals surface area contributed by atoms with Crippen LogP contribution in [0.25, 0.3) is 0 Å². The molecule has 0 atom stereocenters. The molecule has 0 unspecified atom stereocenters. The van der Waals surface area contributed by atoms with E-state index in [1.807, 2.05) is 12.1 Å². The van der Waals surface area contributed by atoms with Gasteiger partial charge in [0.05, 0.1) is 0 Å². The Bertz CT molecular complexity index is 708. The summed E-state index contributed by atoms with van der Waals surface area (Å²) < 4.78 is 13.7. The maximum atomic E-state index is 13.7. The predicted molar refractivity (Wildman–Crippen MR) is 82.3 cm³/mol. The van der Waals surface area contributed by atoms with E-state index in [9.17, 15) is 9.18 Å². The van der Waals surface area contributed by atoms with Crippen LogP contribution in [0.3, 0.4) is 0 Å². The Kier molecular flexibility index (Phi) is 3.50. The number of carbonyl (C=O) groups is 1. The molecule has 0 saturated heterocycles. The van der Waals surface area contributed by atoms with E-state index in [1.54, 1.807) is 24.0 Å². The molecule has 0 N–H and O–H groups in total. The van der Waals surface area contributed by atoms with Crippen molar-refractivity contribution in [3.05, 3.63) is 64.5 Å². The molecule has 0 spiro atoms. The molecule has 3 heteroatoms. The quantitative estimate of drug-likeness (QED) is 0.773. The Morgan fingerprint density at radius 3 is 2.71 bits per heavy atom. The molecule has 2 nitrogen and oxygen atoms in total. The van der Waals surface area contributed by atoms with E-state index in [-0.39, 0.29) is 11.7 Å². The first-order valence-corrected chi connectivity index (χ1v) is 7.24. The van der Waals surface area contributed by atoms with Gasteiger partial charge in [0.1, 0.15) is 5.82 Å². The van der Waals surface area contributed by atoms with Crippen LogP contribution in [-0.4, -0.2) is 12.5 Å². The molecule has 1 amide bonds. The van der Waals surface area contributed by atoms with Gasteiger partial charge in [-0.2, -0.15) is 0 Å². The fourth-order valence-electron chi connectivity index (χ4n) is 2.82. The molecule has 0 bridgehead atoms. The number of carbonyl (C=O) groups excluding carboxylic acids is 1. The summed E-state index contributed by atoms with van der Waals surface area (Å²) in [4.78, 5) is 14.4. The van der Waals surface area contributed by atoms with Crippen LogP contribution >= 0.6 is 0 Å². The Balaban J connectivity index is 1.98. The molecule has 3 rings (SSSR count). The molecule has 0 aliphatic carbocycles. The fraction of sp³-hybridized carbons (Fsp3) is 0.278. The number of benzene rings is 2. The fourth-order valence-corrected chi connectivity index (χ4v) is 2.82. The van der Waals surface area contributed by atoms with Crippen molar-refractivity contribution in [3.8, 4) is 0 Å². The minimum atomic E-state index is -0.331. The van der Waals surface area contributed by atoms with Crippen LogP contribution in [0.1, 0.15) is 33.5 Å². The number of amides is 1. The zero-order valence-electron chi connectivity index (χ0n) is 12.3. The molecule has 1 aliphatic heterocycles. The summed E-state index contributed by atoms with van der Waals surface area (Å²) in [7, 11) is 0. The van der Waals surface area contributed by atoms with Gasteiger partial charge in [-0.25, -0.2) is 4.39 Å². The Hall–Kier alpha value is -2.16. The van der Waals surface area contributed by atoms with E-state index >= 15 is 0 Å². The normalized spacial score (nSPS) is 14.0. The van der Waals surface area contributed by atoms with Crippen molar-refractivity contribution < 1.29 is 9.18 Å². The lowest BCUT2D eigenvalue weighted by atomic mass is 9.98. The van der Waals surface area contributed by atoms with Gasteiger partial charge in [0.15, 0.2) is 0 Å². The van der Waals surface area contributed by atoms with E-state index in [1.165, 1.54) is 17.2 Å². The second-order valence-electron chi connectivity index (χ2n) is 5.66. The third kappa shape index (κ3) is 2.56. The molecule has 0 aromatic heterocycles. The number of rotatable bonds is 1. The molecular weight excluding hydrogens is 265 g/mol. The zero-order chi connectivity index (χ0) is 15.0. The zero-order valence-corrected chi connectivity index (χ0v) is 12.3. The summed E-state index contributed by atoms with van der Waals surface area (Å²) in [5, 5.41) is 0. The Morgan fingerprint density at radius 2 is 1.95 bits per heavy atom. The average molecular weight is 283 g/mol. The maximum absolute atomic E-state index is 13.7. The van der Waals surface area contributed by atoms with Gasteiger partial charge in [-0.15, -0.1) is 0 Å². The highest BCUT2D eigenvalue weighted by molar-refractivity contribution is 6.06. The largest absolute Gasteiger partial charge is 0.308 e. The van der Waals surface area contributed by atoms with Crippen LogP contribution in [0.15, 0.2) is 36.4 Å². The van der Waals surface area contributed by atoms with Crippen molar-refractivity contribution in [3.63, 3.8) is 0 Å². The van der Waals surface area contributed by atoms with E-state index in [2.05, 4.69) is 13.0 Å². The number of aryl methyl sites for hydroxylation is 3. The number of anilines is 1. The van der Waals surface area contributed by atoms with E-state index < -0.39 is 0 Å². The first kappa shape index (κ1) is 13.8. The van der Waals surface area contributed by atoms with Gasteiger partial charge < -0.3 is 4.90 Å². The van der Waals surface area contributed by atoms with Gasteiger partial charge >= 0.3 is 0 Å². The SMILES string of the molecule is Cc1ccc2c(c1)CCCN2C(=O)c1ccc(C)c(F)c1. The first-order valence-electron chi connectivity index (χ1n) is 7.24. The maximum Gasteiger partial charge on any atom is 0.258 e. The van der Waals surface area contributed by atoms with Crippen LogP contribution in [0.5, 0.6) is 0 Å². The average Bonchev–Trinajstić information content (AvgIpc) is 2.48. The van der Waals surface area contributed by atoms with Crippen LogP contribution in [0.4, 0.5) is 10.1 Å². The summed E-state index contributed by atoms with van der Waals surface area (Å²) in [5.41, 5.74) is 4.32. The molecule has 2 aromatic carbocycles. The van der Waals surface area contributed by atoms with Gasteiger partial charge in [-0.3, -0.25) is 4.79 Å². The highest BCUT2D eigenvalue weighted by Gasteiger charge is 2.23. The second-order valence-corrected chi connectivity index (χ2v) is 5.66. The molecule has 1 heterocycles. The van der Waals surface area contributed by atoms with Gasteiger partial charge in [0.2, 0.25) is 0 Å². The lowest BCUT2D eigenvalue weighted by Gasteiger charge is -2.30. The molecule has 1 aliphatic rings. The van der Waals surface area contributed by atoms with Gasteiger partial charge in [-0.1, -0.05) is 23.8 Å². The standard InChI is InChI=1S/C18H18FNO/c1-12-5-8-17-14(10-12)4-3-9-20(17)18(21)15-7-6-13(2)16(19)11-15/h5-8,10-11H,3-4,9H2,1-2H3. The van der Waals surface area contributed by atoms with E-state index in [4.69, 9.17) is 0 Å². The number of hydrogen-bond donors (Lipinski definition) is 0. The predicted octanol–water partition coefficient (Wildman–Crippen LogP) is 4.04. The van der Waals surface area contributed by atoms with Crippen molar-refractivity contribution in [1.82, 2.24) is 0 Å². The number of nitrogens with zero attached hydrogens (tertiary/aromatic N) is 1. The van der Waals surface area contributed by atoms with Crippen molar-refractivity contribution in [1.29, 1.82) is 0 Å². The molecule has 108 valence electrons. The van der Waals surface area contributed by atoms with Crippen molar-refractivity contribution >= 4 is 11.6 Å². The molecular formula is C18H18FNO. The van der Waals surface area contributed by atoms with Gasteiger partial charge in [0.25, 0.3) is 5.91 Å². The molecule has 0 fully saturated rings. The number of fused-ring (bicyclic) bond motifs is 1. The minimum absolute atomic E-state index is 0.126. The lowest BCUT2D eigenvalue weighted by molar-refractivity contribution is 0.0984. The highest BCUT2D eigenvalue weighted by Crippen LogP contribution is 2.29. The monoisotopic (exact) mass is 283 g/mol. The van der Waals surface area contributed by atoms with Crippen molar-refractivity contribution in [2.75, 3.05) is 11.4 Å². The van der Waals surface area contributed by atoms with Crippen LogP contribution < -0.4 is 4.90 Å². The molecule has 0 saturated carbocycles. The van der Waals surface area contributed by atoms with Crippen LogP contribution in [-0.2, 0) is 6.42 Å². The Labute approximate surface area is 124 Å². The lowest BCUT2D eigenvalue weighted by Crippen LogP contribution is -2.35. The van der Waals surface area contributed by atoms with Crippen molar-refractivity contribution in [2.24, 2.45) is 0 Å². The molecule has 2 aromatic rings. The number of hydrogen-bond acceptors (Lipinski definition) is 1. The minimum Gasteiger partial charge on any atom is -0.308 e. The highest BCUT2D eigenvalue weighted by atomic mass is 19.1. The molecule has 21 heavy (non-hydrogen) atoms. The smallest absolute Gasteiger partial charge is 0.258 e. The van der Waals surface area contributed by atoms with Crippen molar-refractivity contribution in [2.45, 2.75) is 26.7 Å². The summed E-state index contributed by atoms with van der Waals surface area (Å²) in [6.07, 6.45) is 1.93. The first-order chi connectivity index (χ1) is 10.1. The summed E-state index contributed by atoms with van der Waals surface area (Å²) in [5.74, 6) is -0.458. The van der Waals surface area contributed by atoms with Crippen LogP contribution in [0, 0.1) is 19.7 Å². The topological polar surface area (TPSA) is 20.3 Å². The summed E-state index contributed by atoms with van der Waals surface area (Å²) in [6.45, 7) is 4.43. The number of halogens is 1. The van der Waals surface area contributed by atoms with E-state index in [0.29, 0.717) is 17.7 Å². The third-order valence-electron chi connectivity index (χ3n) is 4.02. The summed E-state index contributed by atoms with van der Waals surface area (Å²) in [6, 6.07) is 10.8.